The van der Waals surface area contributed by atoms with E-state index in [1.165, 1.54) is 0 Å². The van der Waals surface area contributed by atoms with E-state index in [2.05, 4.69) is 4.84 Å². The van der Waals surface area contributed by atoms with Crippen molar-refractivity contribution < 1.29 is 14.7 Å². The Hall–Kier alpha value is -0.770. The van der Waals surface area contributed by atoms with Crippen LogP contribution in [0.15, 0.2) is 0 Å². The Morgan fingerprint density at radius 1 is 1.67 bits per heavy atom. The lowest BCUT2D eigenvalue weighted by Crippen LogP contribution is -2.29. The van der Waals surface area contributed by atoms with Crippen LogP contribution in [0.2, 0.25) is 0 Å². The lowest BCUT2D eigenvalue weighted by atomic mass is 10.7. The molecule has 0 radical (unpaired) electrons. The van der Waals surface area contributed by atoms with Gasteiger partial charge in [0.1, 0.15) is 0 Å². The normalized spacial score (nSPS) is 9.11. The number of amides is 1. The molecule has 54 valence electrons. The number of carbonyl (C=O) groups is 1. The maximum Gasteiger partial charge on any atom is 0.431 e. The van der Waals surface area contributed by atoms with Gasteiger partial charge in [0.2, 0.25) is 0 Å². The molecule has 4 heteroatoms. The second-order valence-corrected chi connectivity index (χ2v) is 1.40. The molecule has 0 aliphatic rings. The number of hydrogen-bond acceptors (Lipinski definition) is 2. The third kappa shape index (κ3) is 2.92. The van der Waals surface area contributed by atoms with Gasteiger partial charge in [0, 0.05) is 6.54 Å². The van der Waals surface area contributed by atoms with E-state index in [1.807, 2.05) is 0 Å². The summed E-state index contributed by atoms with van der Waals surface area (Å²) in [5.74, 6) is 0. The zero-order valence-electron chi connectivity index (χ0n) is 5.63. The summed E-state index contributed by atoms with van der Waals surface area (Å²) < 4.78 is 0. The molecule has 1 N–H and O–H groups in total. The Morgan fingerprint density at radius 3 is 2.33 bits per heavy atom. The van der Waals surface area contributed by atoms with Gasteiger partial charge in [-0.25, -0.2) is 4.79 Å². The first-order chi connectivity index (χ1) is 4.22. The van der Waals surface area contributed by atoms with Crippen molar-refractivity contribution in [2.75, 3.05) is 13.2 Å². The first-order valence-corrected chi connectivity index (χ1v) is 2.85. The number of carboxylic acid groups (broad SMARTS) is 1. The van der Waals surface area contributed by atoms with Crippen LogP contribution in [-0.4, -0.2) is 29.4 Å². The highest BCUT2D eigenvalue weighted by molar-refractivity contribution is 5.63. The standard InChI is InChI=1S/C5H11NO3/c1-3-6(5(7)8)9-4-2/h3-4H2,1-2H3,(H,7,8). The maximum absolute atomic E-state index is 10.1. The van der Waals surface area contributed by atoms with Gasteiger partial charge < -0.3 is 5.11 Å². The molecule has 4 nitrogen and oxygen atoms in total. The molecule has 0 aromatic heterocycles. The van der Waals surface area contributed by atoms with Crippen molar-refractivity contribution >= 4 is 6.09 Å². The molecule has 0 aromatic rings. The third-order valence-electron chi connectivity index (χ3n) is 0.786. The fourth-order valence-electron chi connectivity index (χ4n) is 0.438. The molecule has 9 heavy (non-hydrogen) atoms. The van der Waals surface area contributed by atoms with Crippen molar-refractivity contribution in [2.24, 2.45) is 0 Å². The Balaban J connectivity index is 3.54. The summed E-state index contributed by atoms with van der Waals surface area (Å²) in [6.07, 6.45) is -1.04. The van der Waals surface area contributed by atoms with Crippen LogP contribution in [0.1, 0.15) is 13.8 Å². The van der Waals surface area contributed by atoms with E-state index < -0.39 is 6.09 Å². The fraction of sp³-hybridized carbons (Fsp3) is 0.800. The molecule has 0 rings (SSSR count). The zero-order valence-corrected chi connectivity index (χ0v) is 5.63. The Kier molecular flexibility index (Phi) is 3.79. The van der Waals surface area contributed by atoms with Gasteiger partial charge in [0.15, 0.2) is 0 Å². The maximum atomic E-state index is 10.1. The summed E-state index contributed by atoms with van der Waals surface area (Å²) in [6.45, 7) is 4.21. The van der Waals surface area contributed by atoms with Gasteiger partial charge in [-0.1, -0.05) is 0 Å². The average Bonchev–Trinajstić information content (AvgIpc) is 1.82. The minimum absolute atomic E-state index is 0.364. The molecule has 0 saturated carbocycles. The van der Waals surface area contributed by atoms with E-state index in [-0.39, 0.29) is 0 Å². The van der Waals surface area contributed by atoms with E-state index in [9.17, 15) is 4.79 Å². The molecule has 0 atom stereocenters. The van der Waals surface area contributed by atoms with Gasteiger partial charge in [-0.2, -0.15) is 5.06 Å². The lowest BCUT2D eigenvalue weighted by Gasteiger charge is -2.13. The average molecular weight is 133 g/mol. The molecule has 0 aliphatic carbocycles. The molecule has 0 fully saturated rings. The van der Waals surface area contributed by atoms with Crippen LogP contribution >= 0.6 is 0 Å². The molecule has 0 aliphatic heterocycles. The second-order valence-electron chi connectivity index (χ2n) is 1.40. The fourth-order valence-corrected chi connectivity index (χ4v) is 0.438. The highest BCUT2D eigenvalue weighted by Gasteiger charge is 2.06. The Morgan fingerprint density at radius 2 is 2.22 bits per heavy atom. The predicted octanol–water partition coefficient (Wildman–Crippen LogP) is 0.938. The van der Waals surface area contributed by atoms with Gasteiger partial charge in [-0.3, -0.25) is 4.84 Å². The zero-order chi connectivity index (χ0) is 7.28. The minimum Gasteiger partial charge on any atom is -0.463 e. The monoisotopic (exact) mass is 133 g/mol. The SMILES string of the molecule is CCON(CC)C(=O)O. The Bertz CT molecular complexity index is 94.2. The van der Waals surface area contributed by atoms with Crippen LogP contribution in [0.25, 0.3) is 0 Å². The predicted molar refractivity (Wildman–Crippen MR) is 32.0 cm³/mol. The summed E-state index contributed by atoms with van der Waals surface area (Å²) in [5, 5.41) is 9.19. The topological polar surface area (TPSA) is 49.8 Å². The largest absolute Gasteiger partial charge is 0.463 e. The molecular weight excluding hydrogens is 122 g/mol. The minimum atomic E-state index is -1.04. The van der Waals surface area contributed by atoms with Crippen molar-refractivity contribution in [3.05, 3.63) is 0 Å². The quantitative estimate of drug-likeness (QED) is 0.583. The van der Waals surface area contributed by atoms with Gasteiger partial charge in [-0.15, -0.1) is 0 Å². The first kappa shape index (κ1) is 8.23. The van der Waals surface area contributed by atoms with Crippen LogP contribution < -0.4 is 0 Å². The van der Waals surface area contributed by atoms with E-state index in [4.69, 9.17) is 5.11 Å². The van der Waals surface area contributed by atoms with Gasteiger partial charge in [-0.05, 0) is 13.8 Å². The Labute approximate surface area is 54.0 Å². The van der Waals surface area contributed by atoms with Crippen LogP contribution in [0.5, 0.6) is 0 Å². The van der Waals surface area contributed by atoms with E-state index in [0.717, 1.165) is 5.06 Å². The molecule has 0 heterocycles. The third-order valence-corrected chi connectivity index (χ3v) is 0.786. The second kappa shape index (κ2) is 4.14. The van der Waals surface area contributed by atoms with Crippen molar-refractivity contribution in [3.8, 4) is 0 Å². The summed E-state index contributed by atoms with van der Waals surface area (Å²) in [5.41, 5.74) is 0. The lowest BCUT2D eigenvalue weighted by molar-refractivity contribution is -0.122. The van der Waals surface area contributed by atoms with Crippen LogP contribution in [-0.2, 0) is 4.84 Å². The number of rotatable bonds is 3. The van der Waals surface area contributed by atoms with Gasteiger partial charge in [0.05, 0.1) is 6.61 Å². The number of hydroxylamine groups is 2. The molecule has 0 bridgehead atoms. The molecule has 0 unspecified atom stereocenters. The molecule has 1 amide bonds. The van der Waals surface area contributed by atoms with Gasteiger partial charge in [0.25, 0.3) is 0 Å². The van der Waals surface area contributed by atoms with Crippen molar-refractivity contribution in [2.45, 2.75) is 13.8 Å². The number of hydrogen-bond donors (Lipinski definition) is 1. The first-order valence-electron chi connectivity index (χ1n) is 2.85. The van der Waals surface area contributed by atoms with Crippen molar-refractivity contribution in [1.29, 1.82) is 0 Å². The van der Waals surface area contributed by atoms with E-state index in [0.29, 0.717) is 13.2 Å². The number of nitrogens with zero attached hydrogens (tertiary/aromatic N) is 1. The van der Waals surface area contributed by atoms with Crippen molar-refractivity contribution in [3.63, 3.8) is 0 Å². The molecular formula is C5H11NO3. The highest BCUT2D eigenvalue weighted by atomic mass is 16.7. The summed E-state index contributed by atoms with van der Waals surface area (Å²) in [6, 6.07) is 0. The van der Waals surface area contributed by atoms with E-state index in [1.54, 1.807) is 13.8 Å². The van der Waals surface area contributed by atoms with Crippen LogP contribution in [0.4, 0.5) is 4.79 Å². The van der Waals surface area contributed by atoms with Crippen molar-refractivity contribution in [1.82, 2.24) is 5.06 Å². The smallest absolute Gasteiger partial charge is 0.431 e. The van der Waals surface area contributed by atoms with E-state index >= 15 is 0 Å². The summed E-state index contributed by atoms with van der Waals surface area (Å²) >= 11 is 0. The highest BCUT2D eigenvalue weighted by Crippen LogP contribution is 1.88. The molecule has 0 spiro atoms. The molecule has 0 aromatic carbocycles. The van der Waals surface area contributed by atoms with Crippen LogP contribution in [0.3, 0.4) is 0 Å². The summed E-state index contributed by atoms with van der Waals surface area (Å²) in [4.78, 5) is 14.8. The van der Waals surface area contributed by atoms with Gasteiger partial charge >= 0.3 is 6.09 Å². The van der Waals surface area contributed by atoms with Crippen LogP contribution in [0, 0.1) is 0 Å². The summed E-state index contributed by atoms with van der Waals surface area (Å²) in [7, 11) is 0. The molecule has 0 saturated heterocycles.